The Morgan fingerprint density at radius 3 is 2.45 bits per heavy atom. The van der Waals surface area contributed by atoms with E-state index in [9.17, 15) is 0 Å². The maximum absolute atomic E-state index is 9.13. The molecule has 0 unspecified atom stereocenters. The Balaban J connectivity index is 3.63. The molecule has 0 radical (unpaired) electrons. The lowest BCUT2D eigenvalue weighted by molar-refractivity contribution is 0.227. The normalized spacial score (nSPS) is 13.9. The van der Waals surface area contributed by atoms with Gasteiger partial charge >= 0.3 is 0 Å². The summed E-state index contributed by atoms with van der Waals surface area (Å²) in [7, 11) is 0. The van der Waals surface area contributed by atoms with E-state index in [0.29, 0.717) is 6.42 Å². The number of aliphatic hydroxyl groups excluding tert-OH is 1. The highest BCUT2D eigenvalue weighted by Gasteiger charge is 1.90. The van der Waals surface area contributed by atoms with Crippen molar-refractivity contribution in [2.75, 3.05) is 0 Å². The Labute approximate surface area is 68.1 Å². The molecule has 0 aliphatic carbocycles. The van der Waals surface area contributed by atoms with E-state index in [0.717, 1.165) is 0 Å². The molecule has 0 aromatic carbocycles. The van der Waals surface area contributed by atoms with Crippen molar-refractivity contribution in [1.29, 1.82) is 0 Å². The van der Waals surface area contributed by atoms with Gasteiger partial charge in [0, 0.05) is 0 Å². The van der Waals surface area contributed by atoms with E-state index < -0.39 is 6.10 Å². The SMILES string of the molecule is C=C/C=C/C=C/[C@H](O)CC=C. The summed E-state index contributed by atoms with van der Waals surface area (Å²) in [5.74, 6) is 0. The van der Waals surface area contributed by atoms with Crippen molar-refractivity contribution >= 4 is 0 Å². The quantitative estimate of drug-likeness (QED) is 0.470. The first-order valence-electron chi connectivity index (χ1n) is 3.56. The number of hydrogen-bond donors (Lipinski definition) is 1. The molecule has 0 fully saturated rings. The molecule has 0 saturated carbocycles. The van der Waals surface area contributed by atoms with Crippen LogP contribution in [0.1, 0.15) is 6.42 Å². The van der Waals surface area contributed by atoms with Gasteiger partial charge in [-0.3, -0.25) is 0 Å². The summed E-state index contributed by atoms with van der Waals surface area (Å²) in [5.41, 5.74) is 0. The molecule has 0 aliphatic heterocycles. The smallest absolute Gasteiger partial charge is 0.0758 e. The molecular formula is C10H14O. The maximum atomic E-state index is 9.13. The van der Waals surface area contributed by atoms with Gasteiger partial charge in [-0.05, 0) is 6.42 Å². The molecule has 0 aromatic rings. The molecular weight excluding hydrogens is 136 g/mol. The molecule has 0 bridgehead atoms. The Bertz CT molecular complexity index is 166. The third kappa shape index (κ3) is 6.81. The number of allylic oxidation sites excluding steroid dienone is 4. The molecule has 0 saturated heterocycles. The van der Waals surface area contributed by atoms with E-state index in [4.69, 9.17) is 5.11 Å². The molecule has 0 aromatic heterocycles. The minimum atomic E-state index is -0.415. The zero-order valence-corrected chi connectivity index (χ0v) is 6.61. The van der Waals surface area contributed by atoms with Crippen LogP contribution in [0.3, 0.4) is 0 Å². The van der Waals surface area contributed by atoms with E-state index in [1.165, 1.54) is 0 Å². The van der Waals surface area contributed by atoms with Gasteiger partial charge in [0.15, 0.2) is 0 Å². The Morgan fingerprint density at radius 2 is 1.91 bits per heavy atom. The number of aliphatic hydroxyl groups is 1. The molecule has 60 valence electrons. The predicted octanol–water partition coefficient (Wildman–Crippen LogP) is 2.22. The Morgan fingerprint density at radius 1 is 1.18 bits per heavy atom. The van der Waals surface area contributed by atoms with Crippen LogP contribution in [-0.4, -0.2) is 11.2 Å². The average molecular weight is 150 g/mol. The Kier molecular flexibility index (Phi) is 6.34. The van der Waals surface area contributed by atoms with Crippen LogP contribution in [0.5, 0.6) is 0 Å². The van der Waals surface area contributed by atoms with E-state index in [2.05, 4.69) is 13.2 Å². The van der Waals surface area contributed by atoms with Crippen LogP contribution in [0.15, 0.2) is 49.6 Å². The molecule has 0 aliphatic rings. The summed E-state index contributed by atoms with van der Waals surface area (Å²) in [6.45, 7) is 7.03. The van der Waals surface area contributed by atoms with Crippen LogP contribution in [0, 0.1) is 0 Å². The topological polar surface area (TPSA) is 20.2 Å². The molecule has 1 nitrogen and oxygen atoms in total. The van der Waals surface area contributed by atoms with Crippen molar-refractivity contribution < 1.29 is 5.11 Å². The lowest BCUT2D eigenvalue weighted by Gasteiger charge is -1.97. The second-order valence-corrected chi connectivity index (χ2v) is 2.10. The molecule has 1 N–H and O–H groups in total. The molecule has 0 heterocycles. The van der Waals surface area contributed by atoms with Crippen molar-refractivity contribution in [3.8, 4) is 0 Å². The third-order valence-electron chi connectivity index (χ3n) is 1.10. The fraction of sp³-hybridized carbons (Fsp3) is 0.200. The van der Waals surface area contributed by atoms with Crippen molar-refractivity contribution in [2.24, 2.45) is 0 Å². The van der Waals surface area contributed by atoms with Crippen molar-refractivity contribution in [1.82, 2.24) is 0 Å². The summed E-state index contributed by atoms with van der Waals surface area (Å²) in [4.78, 5) is 0. The highest BCUT2D eigenvalue weighted by atomic mass is 16.3. The first-order valence-corrected chi connectivity index (χ1v) is 3.56. The standard InChI is InChI=1S/C10H14O/c1-3-5-6-7-9-10(11)8-4-2/h3-7,9-11H,1-2,8H2/b6-5+,9-7+/t10-/m1/s1. The highest BCUT2D eigenvalue weighted by Crippen LogP contribution is 1.93. The second kappa shape index (κ2) is 7.03. The van der Waals surface area contributed by atoms with Crippen LogP contribution in [0.25, 0.3) is 0 Å². The molecule has 0 amide bonds. The van der Waals surface area contributed by atoms with Crippen molar-refractivity contribution in [3.05, 3.63) is 49.6 Å². The number of hydrogen-bond acceptors (Lipinski definition) is 1. The largest absolute Gasteiger partial charge is 0.389 e. The fourth-order valence-electron chi connectivity index (χ4n) is 0.584. The zero-order valence-electron chi connectivity index (χ0n) is 6.61. The van der Waals surface area contributed by atoms with Crippen LogP contribution < -0.4 is 0 Å². The fourth-order valence-corrected chi connectivity index (χ4v) is 0.584. The van der Waals surface area contributed by atoms with Crippen LogP contribution in [-0.2, 0) is 0 Å². The molecule has 1 heteroatoms. The zero-order chi connectivity index (χ0) is 8.53. The summed E-state index contributed by atoms with van der Waals surface area (Å²) in [6, 6.07) is 0. The van der Waals surface area contributed by atoms with Gasteiger partial charge in [0.1, 0.15) is 0 Å². The minimum Gasteiger partial charge on any atom is -0.389 e. The average Bonchev–Trinajstić information content (AvgIpc) is 1.99. The van der Waals surface area contributed by atoms with Gasteiger partial charge in [-0.25, -0.2) is 0 Å². The predicted molar refractivity (Wildman–Crippen MR) is 49.3 cm³/mol. The minimum absolute atomic E-state index is 0.415. The first-order chi connectivity index (χ1) is 5.31. The van der Waals surface area contributed by atoms with Gasteiger partial charge < -0.3 is 5.11 Å². The van der Waals surface area contributed by atoms with Crippen LogP contribution >= 0.6 is 0 Å². The van der Waals surface area contributed by atoms with Crippen LogP contribution in [0.2, 0.25) is 0 Å². The lowest BCUT2D eigenvalue weighted by atomic mass is 10.2. The number of rotatable bonds is 5. The highest BCUT2D eigenvalue weighted by molar-refractivity contribution is 5.10. The molecule has 1 atom stereocenters. The van der Waals surface area contributed by atoms with E-state index >= 15 is 0 Å². The molecule has 0 rings (SSSR count). The second-order valence-electron chi connectivity index (χ2n) is 2.10. The van der Waals surface area contributed by atoms with Gasteiger partial charge in [0.25, 0.3) is 0 Å². The van der Waals surface area contributed by atoms with Gasteiger partial charge in [-0.15, -0.1) is 6.58 Å². The summed E-state index contributed by atoms with van der Waals surface area (Å²) >= 11 is 0. The summed E-state index contributed by atoms with van der Waals surface area (Å²) in [5, 5.41) is 9.13. The van der Waals surface area contributed by atoms with Crippen molar-refractivity contribution in [2.45, 2.75) is 12.5 Å². The van der Waals surface area contributed by atoms with E-state index in [-0.39, 0.29) is 0 Å². The molecule has 0 spiro atoms. The monoisotopic (exact) mass is 150 g/mol. The summed E-state index contributed by atoms with van der Waals surface area (Å²) < 4.78 is 0. The van der Waals surface area contributed by atoms with E-state index in [1.807, 2.05) is 6.08 Å². The van der Waals surface area contributed by atoms with Crippen LogP contribution in [0.4, 0.5) is 0 Å². The summed E-state index contributed by atoms with van der Waals surface area (Å²) in [6.07, 6.45) is 10.7. The van der Waals surface area contributed by atoms with Crippen molar-refractivity contribution in [3.63, 3.8) is 0 Å². The van der Waals surface area contributed by atoms with Gasteiger partial charge in [0.05, 0.1) is 6.10 Å². The third-order valence-corrected chi connectivity index (χ3v) is 1.10. The molecule has 11 heavy (non-hydrogen) atoms. The van der Waals surface area contributed by atoms with Gasteiger partial charge in [0.2, 0.25) is 0 Å². The Hall–Kier alpha value is -1.08. The first kappa shape index (κ1) is 9.92. The maximum Gasteiger partial charge on any atom is 0.0758 e. The van der Waals surface area contributed by atoms with E-state index in [1.54, 1.807) is 30.4 Å². The van der Waals surface area contributed by atoms with Gasteiger partial charge in [-0.2, -0.15) is 0 Å². The van der Waals surface area contributed by atoms with Gasteiger partial charge in [-0.1, -0.05) is 43.0 Å². The lowest BCUT2D eigenvalue weighted by Crippen LogP contribution is -1.98.